The number of aliphatic imine (C=N–C) groups is 1. The molecule has 16 heavy (non-hydrogen) atoms. The summed E-state index contributed by atoms with van der Waals surface area (Å²) < 4.78 is 0. The quantitative estimate of drug-likeness (QED) is 0.595. The van der Waals surface area contributed by atoms with Gasteiger partial charge in [-0.15, -0.1) is 0 Å². The second-order valence-corrected chi connectivity index (χ2v) is 3.35. The lowest BCUT2D eigenvalue weighted by Crippen LogP contribution is -2.21. The lowest BCUT2D eigenvalue weighted by Gasteiger charge is -2.07. The Balaban J connectivity index is 3.00. The summed E-state index contributed by atoms with van der Waals surface area (Å²) in [6.07, 6.45) is 0.593. The largest absolute Gasteiger partial charge is 0.401 e. The van der Waals surface area contributed by atoms with Crippen LogP contribution in [0, 0.1) is 0 Å². The molecule has 0 radical (unpaired) electrons. The van der Waals surface area contributed by atoms with Gasteiger partial charge in [-0.05, 0) is 26.0 Å². The summed E-state index contributed by atoms with van der Waals surface area (Å²) in [4.78, 5) is 14.8. The molecular formula is C12H15N3O. The van der Waals surface area contributed by atoms with E-state index in [9.17, 15) is 4.79 Å². The molecule has 0 saturated carbocycles. The molecule has 0 fully saturated rings. The van der Waals surface area contributed by atoms with Gasteiger partial charge < -0.3 is 11.1 Å². The van der Waals surface area contributed by atoms with Crippen molar-refractivity contribution in [3.05, 3.63) is 41.7 Å². The van der Waals surface area contributed by atoms with Crippen LogP contribution in [0.15, 0.2) is 46.7 Å². The number of allylic oxidation sites excluding steroid dienone is 2. The third-order valence-electron chi connectivity index (χ3n) is 2.01. The topological polar surface area (TPSA) is 67.5 Å². The van der Waals surface area contributed by atoms with E-state index in [-0.39, 0.29) is 0 Å². The van der Waals surface area contributed by atoms with Crippen molar-refractivity contribution in [3.8, 4) is 0 Å². The molecule has 0 aromatic heterocycles. The van der Waals surface area contributed by atoms with Gasteiger partial charge in [-0.25, -0.2) is 0 Å². The molecule has 1 amide bonds. The van der Waals surface area contributed by atoms with Gasteiger partial charge >= 0.3 is 0 Å². The Morgan fingerprint density at radius 1 is 1.31 bits per heavy atom. The van der Waals surface area contributed by atoms with Gasteiger partial charge in [0, 0.05) is 5.70 Å². The van der Waals surface area contributed by atoms with E-state index in [4.69, 9.17) is 5.73 Å². The van der Waals surface area contributed by atoms with Gasteiger partial charge in [0.05, 0.1) is 17.1 Å². The van der Waals surface area contributed by atoms with Crippen LogP contribution >= 0.6 is 0 Å². The minimum Gasteiger partial charge on any atom is -0.401 e. The zero-order valence-electron chi connectivity index (χ0n) is 9.40. The van der Waals surface area contributed by atoms with Crippen molar-refractivity contribution < 1.29 is 4.79 Å². The number of hydrogen-bond acceptors (Lipinski definition) is 3. The number of nitrogens with zero attached hydrogens (tertiary/aromatic N) is 1. The summed E-state index contributed by atoms with van der Waals surface area (Å²) in [6, 6.07) is 9.49. The first kappa shape index (κ1) is 12.0. The van der Waals surface area contributed by atoms with Gasteiger partial charge in [-0.1, -0.05) is 18.2 Å². The van der Waals surface area contributed by atoms with Gasteiger partial charge in [-0.3, -0.25) is 9.79 Å². The van der Waals surface area contributed by atoms with E-state index in [2.05, 4.69) is 10.3 Å². The number of benzene rings is 1. The Bertz CT molecular complexity index is 417. The molecule has 0 bridgehead atoms. The zero-order valence-corrected chi connectivity index (χ0v) is 9.40. The molecule has 84 valence electrons. The first-order chi connectivity index (χ1) is 7.65. The number of carbonyl (C=O) groups is 1. The van der Waals surface area contributed by atoms with Crippen molar-refractivity contribution in [1.82, 2.24) is 5.32 Å². The average Bonchev–Trinajstić information content (AvgIpc) is 2.26. The maximum absolute atomic E-state index is 10.4. The fraction of sp³-hybridized carbons (Fsp3) is 0.167. The highest BCUT2D eigenvalue weighted by atomic mass is 16.1. The molecule has 0 heterocycles. The number of amides is 1. The van der Waals surface area contributed by atoms with E-state index in [1.807, 2.05) is 30.3 Å². The van der Waals surface area contributed by atoms with Crippen LogP contribution in [-0.4, -0.2) is 12.1 Å². The maximum atomic E-state index is 10.4. The molecule has 1 rings (SSSR count). The van der Waals surface area contributed by atoms with Crippen LogP contribution in [0.5, 0.6) is 0 Å². The molecule has 3 N–H and O–H groups in total. The Hall–Kier alpha value is -2.10. The highest BCUT2D eigenvalue weighted by Crippen LogP contribution is 2.12. The van der Waals surface area contributed by atoms with Crippen LogP contribution in [0.4, 0.5) is 5.69 Å². The van der Waals surface area contributed by atoms with E-state index in [1.165, 1.54) is 0 Å². The van der Waals surface area contributed by atoms with Gasteiger partial charge in [0.1, 0.15) is 0 Å². The van der Waals surface area contributed by atoms with Crippen molar-refractivity contribution in [2.75, 3.05) is 0 Å². The van der Waals surface area contributed by atoms with E-state index in [0.717, 1.165) is 5.69 Å². The average molecular weight is 217 g/mol. The molecule has 4 nitrogen and oxygen atoms in total. The van der Waals surface area contributed by atoms with Gasteiger partial charge in [0.2, 0.25) is 6.41 Å². The fourth-order valence-corrected chi connectivity index (χ4v) is 1.31. The van der Waals surface area contributed by atoms with E-state index in [0.29, 0.717) is 23.5 Å². The molecule has 0 unspecified atom stereocenters. The normalized spacial score (nSPS) is 13.0. The van der Waals surface area contributed by atoms with E-state index < -0.39 is 0 Å². The summed E-state index contributed by atoms with van der Waals surface area (Å²) in [5, 5.41) is 2.55. The summed E-state index contributed by atoms with van der Waals surface area (Å²) in [5.41, 5.74) is 8.25. The maximum Gasteiger partial charge on any atom is 0.211 e. The van der Waals surface area contributed by atoms with Crippen molar-refractivity contribution >= 4 is 17.8 Å². The SMILES string of the molecule is CC(=Nc1ccccc1)C(NC=O)=C(C)N. The Morgan fingerprint density at radius 3 is 2.44 bits per heavy atom. The minimum absolute atomic E-state index is 0.532. The van der Waals surface area contributed by atoms with Crippen molar-refractivity contribution in [2.45, 2.75) is 13.8 Å². The Labute approximate surface area is 94.9 Å². The molecule has 4 heteroatoms. The predicted molar refractivity (Wildman–Crippen MR) is 65.3 cm³/mol. The molecule has 0 aliphatic carbocycles. The number of hydrogen-bond donors (Lipinski definition) is 2. The van der Waals surface area contributed by atoms with Crippen LogP contribution in [0.1, 0.15) is 13.8 Å². The monoisotopic (exact) mass is 217 g/mol. The molecule has 0 saturated heterocycles. The fourth-order valence-electron chi connectivity index (χ4n) is 1.31. The molecule has 0 spiro atoms. The second-order valence-electron chi connectivity index (χ2n) is 3.35. The predicted octanol–water partition coefficient (Wildman–Crippen LogP) is 1.72. The van der Waals surface area contributed by atoms with Crippen LogP contribution in [0.2, 0.25) is 0 Å². The molecule has 1 aromatic carbocycles. The smallest absolute Gasteiger partial charge is 0.211 e. The number of nitrogens with one attached hydrogen (secondary N) is 1. The van der Waals surface area contributed by atoms with Crippen molar-refractivity contribution in [2.24, 2.45) is 10.7 Å². The van der Waals surface area contributed by atoms with E-state index in [1.54, 1.807) is 13.8 Å². The van der Waals surface area contributed by atoms with E-state index >= 15 is 0 Å². The van der Waals surface area contributed by atoms with Crippen LogP contribution < -0.4 is 11.1 Å². The van der Waals surface area contributed by atoms with Gasteiger partial charge in [0.15, 0.2) is 0 Å². The van der Waals surface area contributed by atoms with Crippen LogP contribution in [0.25, 0.3) is 0 Å². The summed E-state index contributed by atoms with van der Waals surface area (Å²) in [5.74, 6) is 0. The Kier molecular flexibility index (Phi) is 4.27. The van der Waals surface area contributed by atoms with Crippen molar-refractivity contribution in [3.63, 3.8) is 0 Å². The summed E-state index contributed by atoms with van der Waals surface area (Å²) >= 11 is 0. The molecule has 1 aromatic rings. The lowest BCUT2D eigenvalue weighted by atomic mass is 10.2. The van der Waals surface area contributed by atoms with Gasteiger partial charge in [0.25, 0.3) is 0 Å². The van der Waals surface area contributed by atoms with Crippen molar-refractivity contribution in [1.29, 1.82) is 0 Å². The third-order valence-corrected chi connectivity index (χ3v) is 2.01. The standard InChI is InChI=1S/C12H15N3O/c1-9(13)12(14-8-16)10(2)15-11-6-4-3-5-7-11/h3-8H,13H2,1-2H3,(H,14,16). The number of para-hydroxylation sites is 1. The zero-order chi connectivity index (χ0) is 12.0. The highest BCUT2D eigenvalue weighted by molar-refractivity contribution is 6.01. The van der Waals surface area contributed by atoms with Crippen LogP contribution in [-0.2, 0) is 4.79 Å². The first-order valence-corrected chi connectivity index (χ1v) is 4.92. The summed E-state index contributed by atoms with van der Waals surface area (Å²) in [7, 11) is 0. The highest BCUT2D eigenvalue weighted by Gasteiger charge is 2.03. The van der Waals surface area contributed by atoms with Gasteiger partial charge in [-0.2, -0.15) is 0 Å². The van der Waals surface area contributed by atoms with Crippen LogP contribution in [0.3, 0.4) is 0 Å². The molecule has 0 aliphatic rings. The molecular weight excluding hydrogens is 202 g/mol. The minimum atomic E-state index is 0.532. The first-order valence-electron chi connectivity index (χ1n) is 4.92. The molecule has 0 aliphatic heterocycles. The number of nitrogens with two attached hydrogens (primary N) is 1. The Morgan fingerprint density at radius 2 is 1.94 bits per heavy atom. The summed E-state index contributed by atoms with van der Waals surface area (Å²) in [6.45, 7) is 3.52. The molecule has 0 atom stereocenters. The number of carbonyl (C=O) groups excluding carboxylic acids is 1. The third kappa shape index (κ3) is 3.24. The second kappa shape index (κ2) is 5.70. The number of rotatable bonds is 4. The lowest BCUT2D eigenvalue weighted by molar-refractivity contribution is -0.108.